The van der Waals surface area contributed by atoms with Gasteiger partial charge in [0.15, 0.2) is 11.5 Å². The minimum Gasteiger partial charge on any atom is -0.461 e. The molecule has 1 aromatic rings. The molecule has 4 heteroatoms. The highest BCUT2D eigenvalue weighted by atomic mass is 16.5. The Morgan fingerprint density at radius 3 is 2.83 bits per heavy atom. The first kappa shape index (κ1) is 12.9. The summed E-state index contributed by atoms with van der Waals surface area (Å²) in [5.41, 5.74) is 2.47. The fourth-order valence-electron chi connectivity index (χ4n) is 2.26. The van der Waals surface area contributed by atoms with Crippen molar-refractivity contribution in [1.29, 1.82) is 0 Å². The molecule has 18 heavy (non-hydrogen) atoms. The van der Waals surface area contributed by atoms with Gasteiger partial charge in [0.05, 0.1) is 6.61 Å². The average Bonchev–Trinajstić information content (AvgIpc) is 2.82. The van der Waals surface area contributed by atoms with Gasteiger partial charge in [-0.15, -0.1) is 0 Å². The molecule has 0 bridgehead atoms. The fraction of sp³-hybridized carbons (Fsp3) is 0.571. The molecule has 98 valence electrons. The smallest absolute Gasteiger partial charge is 0.360 e. The molecular weight excluding hydrogens is 230 g/mol. The summed E-state index contributed by atoms with van der Waals surface area (Å²) in [6.07, 6.45) is 4.14. The van der Waals surface area contributed by atoms with E-state index in [0.717, 1.165) is 29.7 Å². The fourth-order valence-corrected chi connectivity index (χ4v) is 2.26. The van der Waals surface area contributed by atoms with E-state index in [1.54, 1.807) is 6.92 Å². The number of aromatic nitrogens is 1. The molecule has 1 aliphatic rings. The van der Waals surface area contributed by atoms with Gasteiger partial charge in [-0.2, -0.15) is 0 Å². The van der Waals surface area contributed by atoms with Crippen LogP contribution in [0.4, 0.5) is 0 Å². The van der Waals surface area contributed by atoms with Gasteiger partial charge >= 0.3 is 5.97 Å². The summed E-state index contributed by atoms with van der Waals surface area (Å²) in [7, 11) is 0. The van der Waals surface area contributed by atoms with Crippen molar-refractivity contribution in [1.82, 2.24) is 5.16 Å². The standard InChI is InChI=1S/C14H19NO3/c1-5-17-13(16)11-9(2)12(18-15-11)10-6-7-14(3,4)8-10/h6H,5,7-8H2,1-4H3. The quantitative estimate of drug-likeness (QED) is 0.771. The highest BCUT2D eigenvalue weighted by Gasteiger charge is 2.30. The second-order valence-electron chi connectivity index (χ2n) is 5.48. The molecule has 0 fully saturated rings. The van der Waals surface area contributed by atoms with Crippen molar-refractivity contribution >= 4 is 11.5 Å². The Labute approximate surface area is 107 Å². The number of rotatable bonds is 3. The topological polar surface area (TPSA) is 52.3 Å². The molecule has 0 aromatic carbocycles. The predicted octanol–water partition coefficient (Wildman–Crippen LogP) is 3.36. The van der Waals surface area contributed by atoms with E-state index < -0.39 is 5.97 Å². The van der Waals surface area contributed by atoms with E-state index in [0.29, 0.717) is 6.61 Å². The normalized spacial score (nSPS) is 17.7. The van der Waals surface area contributed by atoms with Crippen LogP contribution < -0.4 is 0 Å². The van der Waals surface area contributed by atoms with Gasteiger partial charge in [0, 0.05) is 5.56 Å². The third-order valence-corrected chi connectivity index (χ3v) is 3.25. The van der Waals surface area contributed by atoms with Crippen molar-refractivity contribution in [2.75, 3.05) is 6.61 Å². The van der Waals surface area contributed by atoms with E-state index in [1.165, 1.54) is 0 Å². The van der Waals surface area contributed by atoms with Crippen molar-refractivity contribution < 1.29 is 14.1 Å². The summed E-state index contributed by atoms with van der Waals surface area (Å²) < 4.78 is 10.3. The van der Waals surface area contributed by atoms with Gasteiger partial charge in [-0.1, -0.05) is 25.1 Å². The molecule has 0 amide bonds. The molecule has 0 unspecified atom stereocenters. The maximum Gasteiger partial charge on any atom is 0.360 e. The lowest BCUT2D eigenvalue weighted by molar-refractivity contribution is 0.0514. The van der Waals surface area contributed by atoms with Gasteiger partial charge in [0.1, 0.15) is 0 Å². The van der Waals surface area contributed by atoms with Gasteiger partial charge in [-0.25, -0.2) is 4.79 Å². The third kappa shape index (κ3) is 2.33. The Balaban J connectivity index is 2.24. The lowest BCUT2D eigenvalue weighted by Crippen LogP contribution is -2.07. The lowest BCUT2D eigenvalue weighted by atomic mass is 9.89. The molecule has 1 aliphatic carbocycles. The zero-order chi connectivity index (χ0) is 13.3. The lowest BCUT2D eigenvalue weighted by Gasteiger charge is -2.16. The number of allylic oxidation sites excluding steroid dienone is 2. The Kier molecular flexibility index (Phi) is 3.28. The molecule has 0 N–H and O–H groups in total. The predicted molar refractivity (Wildman–Crippen MR) is 68.2 cm³/mol. The van der Waals surface area contributed by atoms with E-state index in [4.69, 9.17) is 9.26 Å². The zero-order valence-corrected chi connectivity index (χ0v) is 11.4. The first-order valence-corrected chi connectivity index (χ1v) is 6.27. The van der Waals surface area contributed by atoms with Crippen LogP contribution in [0, 0.1) is 12.3 Å². The molecule has 0 radical (unpaired) electrons. The number of hydrogen-bond donors (Lipinski definition) is 0. The maximum absolute atomic E-state index is 11.7. The van der Waals surface area contributed by atoms with Crippen molar-refractivity contribution in [2.24, 2.45) is 5.41 Å². The number of nitrogens with zero attached hydrogens (tertiary/aromatic N) is 1. The van der Waals surface area contributed by atoms with Crippen molar-refractivity contribution in [3.8, 4) is 0 Å². The molecule has 0 saturated heterocycles. The van der Waals surface area contributed by atoms with Gasteiger partial charge < -0.3 is 9.26 Å². The molecule has 0 saturated carbocycles. The Hall–Kier alpha value is -1.58. The summed E-state index contributed by atoms with van der Waals surface area (Å²) in [6, 6.07) is 0. The largest absolute Gasteiger partial charge is 0.461 e. The van der Waals surface area contributed by atoms with Crippen LogP contribution in [0.1, 0.15) is 55.4 Å². The zero-order valence-electron chi connectivity index (χ0n) is 11.4. The SMILES string of the molecule is CCOC(=O)c1noc(C2=CCC(C)(C)C2)c1C. The molecule has 1 aromatic heterocycles. The van der Waals surface area contributed by atoms with Crippen LogP contribution in [-0.2, 0) is 4.74 Å². The van der Waals surface area contributed by atoms with Gasteiger partial charge in [0.2, 0.25) is 0 Å². The van der Waals surface area contributed by atoms with Gasteiger partial charge in [-0.05, 0) is 37.7 Å². The highest BCUT2D eigenvalue weighted by molar-refractivity contribution is 5.90. The summed E-state index contributed by atoms with van der Waals surface area (Å²) >= 11 is 0. The Bertz CT molecular complexity index is 497. The molecule has 0 spiro atoms. The second-order valence-corrected chi connectivity index (χ2v) is 5.48. The van der Waals surface area contributed by atoms with Gasteiger partial charge in [0.25, 0.3) is 0 Å². The van der Waals surface area contributed by atoms with E-state index in [9.17, 15) is 4.79 Å². The van der Waals surface area contributed by atoms with Crippen molar-refractivity contribution in [2.45, 2.75) is 40.5 Å². The van der Waals surface area contributed by atoms with Crippen LogP contribution in [0.2, 0.25) is 0 Å². The third-order valence-electron chi connectivity index (χ3n) is 3.25. The highest BCUT2D eigenvalue weighted by Crippen LogP contribution is 2.42. The van der Waals surface area contributed by atoms with Crippen molar-refractivity contribution in [3.63, 3.8) is 0 Å². The first-order valence-electron chi connectivity index (χ1n) is 6.27. The molecule has 0 aliphatic heterocycles. The number of carbonyl (C=O) groups excluding carboxylic acids is 1. The van der Waals surface area contributed by atoms with Crippen LogP contribution >= 0.6 is 0 Å². The van der Waals surface area contributed by atoms with E-state index in [-0.39, 0.29) is 11.1 Å². The molecule has 0 atom stereocenters. The van der Waals surface area contributed by atoms with Crippen LogP contribution in [0.15, 0.2) is 10.6 Å². The van der Waals surface area contributed by atoms with Crippen LogP contribution in [0.3, 0.4) is 0 Å². The summed E-state index contributed by atoms with van der Waals surface area (Å²) in [5.74, 6) is 0.312. The minimum atomic E-state index is -0.414. The maximum atomic E-state index is 11.7. The van der Waals surface area contributed by atoms with Crippen LogP contribution in [0.25, 0.3) is 5.57 Å². The molecule has 2 rings (SSSR count). The summed E-state index contributed by atoms with van der Waals surface area (Å²) in [5, 5.41) is 3.84. The second kappa shape index (κ2) is 4.59. The van der Waals surface area contributed by atoms with E-state index >= 15 is 0 Å². The van der Waals surface area contributed by atoms with Crippen molar-refractivity contribution in [3.05, 3.63) is 23.1 Å². The molecular formula is C14H19NO3. The molecule has 1 heterocycles. The number of hydrogen-bond acceptors (Lipinski definition) is 4. The van der Waals surface area contributed by atoms with Gasteiger partial charge in [-0.3, -0.25) is 0 Å². The Morgan fingerprint density at radius 2 is 2.28 bits per heavy atom. The minimum absolute atomic E-state index is 0.263. The summed E-state index contributed by atoms with van der Waals surface area (Å²) in [4.78, 5) is 11.7. The van der Waals surface area contributed by atoms with E-state index in [1.807, 2.05) is 6.92 Å². The number of ether oxygens (including phenoxy) is 1. The Morgan fingerprint density at radius 1 is 1.56 bits per heavy atom. The van der Waals surface area contributed by atoms with Crippen LogP contribution in [-0.4, -0.2) is 17.7 Å². The molecule has 4 nitrogen and oxygen atoms in total. The first-order chi connectivity index (χ1) is 8.44. The average molecular weight is 249 g/mol. The number of carbonyl (C=O) groups is 1. The monoisotopic (exact) mass is 249 g/mol. The number of esters is 1. The van der Waals surface area contributed by atoms with E-state index in [2.05, 4.69) is 25.1 Å². The van der Waals surface area contributed by atoms with Crippen LogP contribution in [0.5, 0.6) is 0 Å². The summed E-state index contributed by atoms with van der Waals surface area (Å²) in [6.45, 7) is 8.40.